The molecule has 6 aromatic rings. The molecule has 4 heterocycles. The Balaban J connectivity index is 0.864. The summed E-state index contributed by atoms with van der Waals surface area (Å²) in [5, 5.41) is 85.0. The van der Waals surface area contributed by atoms with Crippen LogP contribution in [0, 0.1) is 0 Å². The summed E-state index contributed by atoms with van der Waals surface area (Å²) in [6.07, 6.45) is -18.9. The molecule has 10 atom stereocenters. The van der Waals surface area contributed by atoms with Gasteiger partial charge in [0.1, 0.15) is 136 Å². The number of aliphatic hydroxyl groups is 6. The van der Waals surface area contributed by atoms with Gasteiger partial charge in [0.05, 0.1) is 14.2 Å². The predicted octanol–water partition coefficient (Wildman–Crippen LogP) is 1.21. The van der Waals surface area contributed by atoms with Crippen molar-refractivity contribution in [1.29, 1.82) is 0 Å². The molecule has 2 fully saturated rings. The van der Waals surface area contributed by atoms with Crippen LogP contribution in [-0.4, -0.2) is 142 Å². The second-order valence-corrected chi connectivity index (χ2v) is 15.8. The molecule has 364 valence electrons. The third-order valence-corrected chi connectivity index (χ3v) is 11.3. The third-order valence-electron chi connectivity index (χ3n) is 11.3. The summed E-state index contributed by atoms with van der Waals surface area (Å²) in [5.74, 6) is -2.52. The highest BCUT2D eigenvalue weighted by molar-refractivity contribution is 5.91. The highest BCUT2D eigenvalue weighted by Crippen LogP contribution is 2.36. The van der Waals surface area contributed by atoms with Gasteiger partial charge in [-0.3, -0.25) is 19.2 Å². The number of ether oxygens (including phenoxy) is 8. The van der Waals surface area contributed by atoms with Crippen LogP contribution in [0.1, 0.15) is 6.42 Å². The predicted molar refractivity (Wildman–Crippen MR) is 233 cm³/mol. The summed E-state index contributed by atoms with van der Waals surface area (Å²) >= 11 is 0. The number of benzene rings is 4. The number of hydrogen-bond donors (Lipinski definition) is 8. The summed E-state index contributed by atoms with van der Waals surface area (Å²) in [6, 6.07) is 20.1. The average molecular weight is 961 g/mol. The van der Waals surface area contributed by atoms with Crippen molar-refractivity contribution in [2.75, 3.05) is 27.4 Å². The van der Waals surface area contributed by atoms with E-state index in [1.54, 1.807) is 48.5 Å². The zero-order valence-electron chi connectivity index (χ0n) is 36.3. The van der Waals surface area contributed by atoms with Gasteiger partial charge in [0.25, 0.3) is 0 Å². The van der Waals surface area contributed by atoms with Gasteiger partial charge in [-0.1, -0.05) is 0 Å². The number of carbonyl (C=O) groups excluding carboxylic acids is 2. The average Bonchev–Trinajstić information content (AvgIpc) is 3.33. The Hall–Kier alpha value is -7.28. The second-order valence-electron chi connectivity index (χ2n) is 15.8. The van der Waals surface area contributed by atoms with Crippen LogP contribution in [0.15, 0.2) is 103 Å². The molecule has 2 aliphatic heterocycles. The lowest BCUT2D eigenvalue weighted by atomic mass is 9.99. The minimum atomic E-state index is -1.92. The van der Waals surface area contributed by atoms with Crippen LogP contribution >= 0.6 is 0 Å². The monoisotopic (exact) mass is 960 g/mol. The normalized spacial score (nSPS) is 24.6. The molecule has 0 radical (unpaired) electrons. The van der Waals surface area contributed by atoms with E-state index in [2.05, 4.69) is 0 Å². The van der Waals surface area contributed by atoms with Crippen LogP contribution in [-0.2, 0) is 28.5 Å². The number of rotatable bonds is 14. The maximum Gasteiger partial charge on any atom is 0.317 e. The van der Waals surface area contributed by atoms with Gasteiger partial charge in [-0.25, -0.2) is 0 Å². The molecule has 69 heavy (non-hydrogen) atoms. The fraction of sp³-hybridized carbons (Fsp3) is 0.319. The molecule has 2 saturated heterocycles. The lowest BCUT2D eigenvalue weighted by Gasteiger charge is -2.40. The Morgan fingerprint density at radius 2 is 0.884 bits per heavy atom. The zero-order valence-corrected chi connectivity index (χ0v) is 36.3. The quantitative estimate of drug-likeness (QED) is 0.0562. The van der Waals surface area contributed by atoms with Crippen LogP contribution in [0.3, 0.4) is 0 Å². The second kappa shape index (κ2) is 20.1. The Morgan fingerprint density at radius 1 is 0.507 bits per heavy atom. The lowest BCUT2D eigenvalue weighted by Crippen LogP contribution is -2.60. The molecule has 22 heteroatoms. The van der Waals surface area contributed by atoms with Crippen molar-refractivity contribution in [2.24, 2.45) is 0 Å². The number of esters is 2. The summed E-state index contributed by atoms with van der Waals surface area (Å²) in [5.41, 5.74) is -0.373. The van der Waals surface area contributed by atoms with Crippen molar-refractivity contribution in [1.82, 2.24) is 0 Å². The van der Waals surface area contributed by atoms with E-state index >= 15 is 0 Å². The maximum absolute atomic E-state index is 13.0. The molecule has 2 aromatic heterocycles. The minimum absolute atomic E-state index is 0.113. The number of hydrogen-bond acceptors (Lipinski definition) is 22. The van der Waals surface area contributed by atoms with Gasteiger partial charge in [0, 0.05) is 47.5 Å². The van der Waals surface area contributed by atoms with Crippen molar-refractivity contribution < 1.29 is 97.2 Å². The SMILES string of the molecule is COc1ccc(-c2cc(=O)c3c(O)cc(O[C@@H]4O[C@H](COC(=O)CC(=O)OC[C@@H]5O[C@@H](Oc6cc(O)c7c(=O)cc(-c8ccc(OC)cc8)oc7c6)[C@H](O)[C@@H](O)[C@H]5O)[C@H](O)[C@H](O)[C@@H]4O)cc3o2)cc1. The van der Waals surface area contributed by atoms with Gasteiger partial charge in [-0.15, -0.1) is 0 Å². The topological polar surface area (TPSA) is 330 Å². The first-order valence-corrected chi connectivity index (χ1v) is 21.0. The van der Waals surface area contributed by atoms with E-state index in [1.807, 2.05) is 0 Å². The van der Waals surface area contributed by atoms with E-state index in [4.69, 9.17) is 46.7 Å². The summed E-state index contributed by atoms with van der Waals surface area (Å²) < 4.78 is 54.9. The van der Waals surface area contributed by atoms with Crippen LogP contribution in [0.4, 0.5) is 0 Å². The summed E-state index contributed by atoms with van der Waals surface area (Å²) in [4.78, 5) is 51.3. The first kappa shape index (κ1) is 48.2. The number of aromatic hydroxyl groups is 2. The van der Waals surface area contributed by atoms with Crippen molar-refractivity contribution in [2.45, 2.75) is 67.8 Å². The van der Waals surface area contributed by atoms with E-state index in [-0.39, 0.29) is 45.0 Å². The number of fused-ring (bicyclic) bond motifs is 2. The Morgan fingerprint density at radius 3 is 1.25 bits per heavy atom. The highest BCUT2D eigenvalue weighted by atomic mass is 16.7. The molecule has 0 aliphatic carbocycles. The lowest BCUT2D eigenvalue weighted by molar-refractivity contribution is -0.279. The van der Waals surface area contributed by atoms with Crippen LogP contribution < -0.4 is 29.8 Å². The van der Waals surface area contributed by atoms with Crippen LogP contribution in [0.2, 0.25) is 0 Å². The number of phenolic OH excluding ortho intramolecular Hbond substituents is 2. The van der Waals surface area contributed by atoms with Crippen molar-refractivity contribution in [3.8, 4) is 57.1 Å². The molecule has 0 saturated carbocycles. The van der Waals surface area contributed by atoms with Crippen LogP contribution in [0.25, 0.3) is 44.6 Å². The summed E-state index contributed by atoms with van der Waals surface area (Å²) in [7, 11) is 2.98. The van der Waals surface area contributed by atoms with Crippen LogP contribution in [0.5, 0.6) is 34.5 Å². The molecule has 8 N–H and O–H groups in total. The van der Waals surface area contributed by atoms with Gasteiger partial charge in [-0.05, 0) is 48.5 Å². The molecule has 0 amide bonds. The number of aliphatic hydroxyl groups excluding tert-OH is 6. The Bertz CT molecular complexity index is 2750. The largest absolute Gasteiger partial charge is 0.507 e. The van der Waals surface area contributed by atoms with Gasteiger partial charge in [0.15, 0.2) is 10.9 Å². The first-order chi connectivity index (χ1) is 33.0. The molecule has 0 spiro atoms. The first-order valence-electron chi connectivity index (χ1n) is 21.0. The van der Waals surface area contributed by atoms with Crippen molar-refractivity contribution >= 4 is 33.9 Å². The standard InChI is InChI=1S/C47H44O22/c1-60-22-7-3-20(4-8-22)30-15-28(50)38-26(48)11-24(13-32(38)66-30)64-46-44(58)42(56)40(54)34(68-46)18-62-36(52)17-37(53)63-19-35-41(55)43(57)45(59)47(69-35)65-25-12-27(49)39-29(51)16-31(67-33(39)14-25)21-5-9-23(61-2)10-6-21/h3-16,34-35,40-49,54-59H,17-19H2,1-2H3/t34-,35+,40-,41-,42-,43-,44+,45-,46+,47+/m0/s1. The maximum atomic E-state index is 13.0. The molecule has 0 bridgehead atoms. The molecule has 8 rings (SSSR count). The van der Waals surface area contributed by atoms with E-state index in [0.29, 0.717) is 22.6 Å². The fourth-order valence-electron chi connectivity index (χ4n) is 7.56. The van der Waals surface area contributed by atoms with E-state index in [0.717, 1.165) is 12.1 Å². The van der Waals surface area contributed by atoms with E-state index in [1.165, 1.54) is 38.5 Å². The molecular weight excluding hydrogens is 916 g/mol. The van der Waals surface area contributed by atoms with E-state index in [9.17, 15) is 60.0 Å². The number of carbonyl (C=O) groups is 2. The molecule has 2 aliphatic rings. The third kappa shape index (κ3) is 10.3. The smallest absolute Gasteiger partial charge is 0.317 e. The molecule has 4 aromatic carbocycles. The Kier molecular flexibility index (Phi) is 14.1. The number of phenols is 2. The minimum Gasteiger partial charge on any atom is -0.507 e. The molecule has 22 nitrogen and oxygen atoms in total. The number of methoxy groups -OCH3 is 2. The van der Waals surface area contributed by atoms with Gasteiger partial charge < -0.3 is 87.6 Å². The Labute approximate surface area is 388 Å². The van der Waals surface area contributed by atoms with Gasteiger partial charge in [0.2, 0.25) is 12.6 Å². The van der Waals surface area contributed by atoms with E-state index < -0.39 is 115 Å². The summed E-state index contributed by atoms with van der Waals surface area (Å²) in [6.45, 7) is -1.58. The highest BCUT2D eigenvalue weighted by Gasteiger charge is 2.47. The molecular formula is C47H44O22. The fourth-order valence-corrected chi connectivity index (χ4v) is 7.56. The van der Waals surface area contributed by atoms with Gasteiger partial charge >= 0.3 is 11.9 Å². The van der Waals surface area contributed by atoms with Crippen molar-refractivity contribution in [3.05, 3.63) is 105 Å². The molecule has 0 unspecified atom stereocenters. The zero-order chi connectivity index (χ0) is 49.3. The van der Waals surface area contributed by atoms with Crippen molar-refractivity contribution in [3.63, 3.8) is 0 Å². The van der Waals surface area contributed by atoms with Gasteiger partial charge in [-0.2, -0.15) is 0 Å².